The van der Waals surface area contributed by atoms with Gasteiger partial charge in [-0.15, -0.1) is 0 Å². The second-order valence-electron chi connectivity index (χ2n) is 5.42. The van der Waals surface area contributed by atoms with Crippen LogP contribution in [-0.2, 0) is 0 Å². The topological polar surface area (TPSA) is 27.6 Å². The number of hydrogen-bond acceptors (Lipinski definition) is 3. The summed E-state index contributed by atoms with van der Waals surface area (Å²) < 4.78 is 13.9. The highest BCUT2D eigenvalue weighted by Gasteiger charge is 2.47. The van der Waals surface area contributed by atoms with Crippen LogP contribution in [0.4, 0.5) is 4.39 Å². The number of halogens is 1. The molecule has 94 valence electrons. The first kappa shape index (κ1) is 10.5. The first-order valence-electron chi connectivity index (χ1n) is 6.66. The number of nitrogens with one attached hydrogen (secondary N) is 1. The van der Waals surface area contributed by atoms with E-state index in [2.05, 4.69) is 15.4 Å². The lowest BCUT2D eigenvalue weighted by molar-refractivity contribution is 0.133. The number of piperidine rings is 3. The molecule has 3 nitrogen and oxygen atoms in total. The molecule has 1 aromatic rings. The van der Waals surface area contributed by atoms with Crippen molar-refractivity contribution in [2.45, 2.75) is 24.9 Å². The Balaban J connectivity index is 1.72. The van der Waals surface area contributed by atoms with Crippen LogP contribution in [0.15, 0.2) is 29.4 Å². The summed E-state index contributed by atoms with van der Waals surface area (Å²) in [4.78, 5) is 2.45. The van der Waals surface area contributed by atoms with Gasteiger partial charge in [0.25, 0.3) is 0 Å². The largest absolute Gasteiger partial charge is 0.300 e. The lowest BCUT2D eigenvalue weighted by Crippen LogP contribution is -2.56. The van der Waals surface area contributed by atoms with E-state index in [0.29, 0.717) is 5.92 Å². The van der Waals surface area contributed by atoms with E-state index in [0.717, 1.165) is 18.7 Å². The molecule has 2 atom stereocenters. The van der Waals surface area contributed by atoms with Gasteiger partial charge in [-0.1, -0.05) is 18.2 Å². The third-order valence-electron chi connectivity index (χ3n) is 4.53. The van der Waals surface area contributed by atoms with Gasteiger partial charge in [-0.25, -0.2) is 4.39 Å². The summed E-state index contributed by atoms with van der Waals surface area (Å²) in [5.41, 5.74) is 5.16. The first-order valence-corrected chi connectivity index (χ1v) is 6.66. The predicted octanol–water partition coefficient (Wildman–Crippen LogP) is 1.92. The quantitative estimate of drug-likeness (QED) is 0.818. The summed E-state index contributed by atoms with van der Waals surface area (Å²) in [5, 5.41) is 4.50. The van der Waals surface area contributed by atoms with Crippen molar-refractivity contribution in [3.05, 3.63) is 35.6 Å². The van der Waals surface area contributed by atoms with Crippen LogP contribution in [-0.4, -0.2) is 29.7 Å². The molecule has 0 aliphatic carbocycles. The molecule has 2 bridgehead atoms. The lowest BCUT2D eigenvalue weighted by Gasteiger charge is -2.45. The van der Waals surface area contributed by atoms with E-state index in [-0.39, 0.29) is 17.9 Å². The van der Waals surface area contributed by atoms with Crippen molar-refractivity contribution in [1.82, 2.24) is 10.3 Å². The maximum absolute atomic E-state index is 13.9. The summed E-state index contributed by atoms with van der Waals surface area (Å²) in [5.74, 6) is 0.485. The Morgan fingerprint density at radius 3 is 2.78 bits per heavy atom. The van der Waals surface area contributed by atoms with Gasteiger partial charge in [0.15, 0.2) is 0 Å². The summed E-state index contributed by atoms with van der Waals surface area (Å²) in [7, 11) is 0. The number of hydrogen-bond donors (Lipinski definition) is 1. The average molecular weight is 245 g/mol. The van der Waals surface area contributed by atoms with Crippen molar-refractivity contribution in [3.63, 3.8) is 0 Å². The number of nitrogens with zero attached hydrogens (tertiary/aromatic N) is 2. The van der Waals surface area contributed by atoms with Crippen LogP contribution in [0.1, 0.15) is 24.4 Å². The number of rotatable bonds is 1. The van der Waals surface area contributed by atoms with Gasteiger partial charge >= 0.3 is 0 Å². The van der Waals surface area contributed by atoms with Crippen LogP contribution in [0.2, 0.25) is 0 Å². The van der Waals surface area contributed by atoms with E-state index in [4.69, 9.17) is 0 Å². The zero-order valence-electron chi connectivity index (χ0n) is 10.1. The van der Waals surface area contributed by atoms with Crippen LogP contribution in [0.5, 0.6) is 0 Å². The predicted molar refractivity (Wildman–Crippen MR) is 67.8 cm³/mol. The Morgan fingerprint density at radius 2 is 2.00 bits per heavy atom. The smallest absolute Gasteiger partial charge is 0.128 e. The van der Waals surface area contributed by atoms with Gasteiger partial charge < -0.3 is 5.43 Å². The zero-order valence-corrected chi connectivity index (χ0v) is 10.1. The van der Waals surface area contributed by atoms with Crippen LogP contribution >= 0.6 is 0 Å². The summed E-state index contributed by atoms with van der Waals surface area (Å²) >= 11 is 0. The molecule has 4 aliphatic heterocycles. The molecule has 0 spiro atoms. The van der Waals surface area contributed by atoms with Crippen LogP contribution < -0.4 is 5.43 Å². The highest BCUT2D eigenvalue weighted by Crippen LogP contribution is 2.39. The minimum atomic E-state index is -0.130. The third-order valence-corrected chi connectivity index (χ3v) is 4.53. The molecule has 4 aliphatic rings. The molecule has 1 N–H and O–H groups in total. The molecule has 0 aromatic heterocycles. The summed E-state index contributed by atoms with van der Waals surface area (Å²) in [6.45, 7) is 2.25. The Labute approximate surface area is 106 Å². The molecule has 0 amide bonds. The molecule has 3 fully saturated rings. The Morgan fingerprint density at radius 1 is 1.22 bits per heavy atom. The Kier molecular flexibility index (Phi) is 2.21. The molecule has 18 heavy (non-hydrogen) atoms. The van der Waals surface area contributed by atoms with Gasteiger partial charge in [0.2, 0.25) is 0 Å². The molecule has 0 radical (unpaired) electrons. The number of benzene rings is 1. The molecule has 4 heteroatoms. The molecular formula is C14H16FN3. The van der Waals surface area contributed by atoms with Gasteiger partial charge in [-0.05, 0) is 32.0 Å². The van der Waals surface area contributed by atoms with Crippen LogP contribution in [0, 0.1) is 11.7 Å². The van der Waals surface area contributed by atoms with Gasteiger partial charge in [-0.2, -0.15) is 5.10 Å². The van der Waals surface area contributed by atoms with Crippen LogP contribution in [0.3, 0.4) is 0 Å². The number of fused-ring (bicyclic) bond motifs is 2. The molecule has 1 aromatic carbocycles. The molecule has 3 saturated heterocycles. The standard InChI is InChI=1S/C14H16FN3/c15-11-4-2-1-3-10(11)13-14-12(16-17-13)9-5-7-18(14)8-6-9/h1-4,9,13-14,17H,5-8H2. The SMILES string of the molecule is Fc1ccccc1C1NN=C2C3CCN(CC3)C21. The summed E-state index contributed by atoms with van der Waals surface area (Å²) in [6, 6.07) is 7.30. The molecule has 0 saturated carbocycles. The van der Waals surface area contributed by atoms with E-state index < -0.39 is 0 Å². The van der Waals surface area contributed by atoms with Crippen molar-refractivity contribution in [2.24, 2.45) is 11.0 Å². The summed E-state index contributed by atoms with van der Waals surface area (Å²) in [6.07, 6.45) is 2.42. The van der Waals surface area contributed by atoms with Crippen molar-refractivity contribution in [3.8, 4) is 0 Å². The fraction of sp³-hybridized carbons (Fsp3) is 0.500. The van der Waals surface area contributed by atoms with Gasteiger partial charge in [0.05, 0.1) is 17.8 Å². The highest BCUT2D eigenvalue weighted by atomic mass is 19.1. The normalized spacial score (nSPS) is 37.1. The number of hydrazone groups is 1. The van der Waals surface area contributed by atoms with Crippen molar-refractivity contribution in [1.29, 1.82) is 0 Å². The van der Waals surface area contributed by atoms with Crippen LogP contribution in [0.25, 0.3) is 0 Å². The second-order valence-corrected chi connectivity index (χ2v) is 5.42. The fourth-order valence-corrected chi connectivity index (χ4v) is 3.62. The van der Waals surface area contributed by atoms with E-state index in [1.54, 1.807) is 6.07 Å². The van der Waals surface area contributed by atoms with Crippen molar-refractivity contribution in [2.75, 3.05) is 13.1 Å². The Bertz CT molecular complexity index is 506. The highest BCUT2D eigenvalue weighted by molar-refractivity contribution is 5.95. The minimum Gasteiger partial charge on any atom is -0.300 e. The van der Waals surface area contributed by atoms with Gasteiger partial charge in [-0.3, -0.25) is 4.90 Å². The van der Waals surface area contributed by atoms with Crippen molar-refractivity contribution >= 4 is 5.71 Å². The minimum absolute atomic E-state index is 0.00991. The van der Waals surface area contributed by atoms with Gasteiger partial charge in [0.1, 0.15) is 5.82 Å². The van der Waals surface area contributed by atoms with E-state index in [1.165, 1.54) is 24.6 Å². The third kappa shape index (κ3) is 1.35. The van der Waals surface area contributed by atoms with Gasteiger partial charge in [0, 0.05) is 11.5 Å². The maximum atomic E-state index is 13.9. The molecular weight excluding hydrogens is 229 g/mol. The van der Waals surface area contributed by atoms with Crippen molar-refractivity contribution < 1.29 is 4.39 Å². The molecule has 2 unspecified atom stereocenters. The molecule has 5 rings (SSSR count). The van der Waals surface area contributed by atoms with E-state index in [1.807, 2.05) is 12.1 Å². The first-order chi connectivity index (χ1) is 8.84. The monoisotopic (exact) mass is 245 g/mol. The fourth-order valence-electron chi connectivity index (χ4n) is 3.62. The molecule has 4 heterocycles. The van der Waals surface area contributed by atoms with E-state index >= 15 is 0 Å². The lowest BCUT2D eigenvalue weighted by atomic mass is 9.78. The zero-order chi connectivity index (χ0) is 12.1. The second kappa shape index (κ2) is 3.79. The average Bonchev–Trinajstić information content (AvgIpc) is 2.87. The maximum Gasteiger partial charge on any atom is 0.128 e. The Hall–Kier alpha value is -1.42. The van der Waals surface area contributed by atoms with E-state index in [9.17, 15) is 4.39 Å².